The van der Waals surface area contributed by atoms with Crippen LogP contribution >= 0.6 is 0 Å². The van der Waals surface area contributed by atoms with Gasteiger partial charge in [-0.2, -0.15) is 0 Å². The maximum atomic E-state index is 13.4. The van der Waals surface area contributed by atoms with Gasteiger partial charge in [-0.15, -0.1) is 0 Å². The Bertz CT molecular complexity index is 1360. The van der Waals surface area contributed by atoms with Crippen molar-refractivity contribution in [3.63, 3.8) is 0 Å². The van der Waals surface area contributed by atoms with E-state index in [9.17, 15) is 14.7 Å². The number of rotatable bonds is 10. The molecule has 2 atom stereocenters. The average Bonchev–Trinajstić information content (AvgIpc) is 3.45. The molecule has 2 heterocycles. The first kappa shape index (κ1) is 26.5. The minimum Gasteiger partial charge on any atom is -0.507 e. The number of fused-ring (bicyclic) bond motifs is 1. The molecule has 3 aromatic carbocycles. The molecule has 0 aliphatic carbocycles. The molecule has 0 spiro atoms. The number of hydrogen-bond donors (Lipinski definition) is 1. The Morgan fingerprint density at radius 2 is 1.79 bits per heavy atom. The van der Waals surface area contributed by atoms with Gasteiger partial charge in [-0.1, -0.05) is 62.2 Å². The zero-order valence-corrected chi connectivity index (χ0v) is 22.6. The van der Waals surface area contributed by atoms with Crippen molar-refractivity contribution < 1.29 is 24.2 Å². The molecule has 39 heavy (non-hydrogen) atoms. The Morgan fingerprint density at radius 1 is 1.03 bits per heavy atom. The normalized spacial score (nSPS) is 19.7. The minimum absolute atomic E-state index is 0.0590. The summed E-state index contributed by atoms with van der Waals surface area (Å²) < 4.78 is 11.7. The van der Waals surface area contributed by atoms with E-state index < -0.39 is 17.7 Å². The number of benzene rings is 3. The smallest absolute Gasteiger partial charge is 0.295 e. The minimum atomic E-state index is -0.703. The number of ether oxygens (including phenoxy) is 2. The molecule has 0 unspecified atom stereocenters. The molecule has 1 N–H and O–H groups in total. The van der Waals surface area contributed by atoms with Crippen LogP contribution in [0.15, 0.2) is 78.4 Å². The molecule has 1 fully saturated rings. The topological polar surface area (TPSA) is 76.1 Å². The van der Waals surface area contributed by atoms with Gasteiger partial charge in [0.05, 0.1) is 18.2 Å². The summed E-state index contributed by atoms with van der Waals surface area (Å²) in [4.78, 5) is 28.3. The molecule has 202 valence electrons. The summed E-state index contributed by atoms with van der Waals surface area (Å²) in [5, 5.41) is 11.5. The molecular formula is C33H35NO5. The van der Waals surface area contributed by atoms with Crippen molar-refractivity contribution in [2.45, 2.75) is 58.1 Å². The summed E-state index contributed by atoms with van der Waals surface area (Å²) in [6.45, 7) is 5.14. The first-order valence-electron chi connectivity index (χ1n) is 13.8. The largest absolute Gasteiger partial charge is 0.507 e. The lowest BCUT2D eigenvalue weighted by Crippen LogP contribution is -2.31. The van der Waals surface area contributed by atoms with E-state index in [1.165, 1.54) is 0 Å². The average molecular weight is 526 g/mol. The van der Waals surface area contributed by atoms with Gasteiger partial charge >= 0.3 is 0 Å². The van der Waals surface area contributed by atoms with Crippen LogP contribution < -0.4 is 9.47 Å². The van der Waals surface area contributed by atoms with E-state index >= 15 is 0 Å². The van der Waals surface area contributed by atoms with Gasteiger partial charge < -0.3 is 19.5 Å². The van der Waals surface area contributed by atoms with Crippen molar-refractivity contribution in [3.8, 4) is 11.5 Å². The highest BCUT2D eigenvalue weighted by atomic mass is 16.5. The monoisotopic (exact) mass is 525 g/mol. The highest BCUT2D eigenvalue weighted by Crippen LogP contribution is 2.41. The fourth-order valence-corrected chi connectivity index (χ4v) is 5.36. The highest BCUT2D eigenvalue weighted by Gasteiger charge is 2.46. The van der Waals surface area contributed by atoms with Crippen molar-refractivity contribution in [2.24, 2.45) is 0 Å². The molecule has 1 amide bonds. The molecule has 6 nitrogen and oxygen atoms in total. The number of carbonyl (C=O) groups is 2. The predicted octanol–water partition coefficient (Wildman–Crippen LogP) is 6.24. The molecule has 3 aromatic rings. The number of hydrogen-bond acceptors (Lipinski definition) is 5. The van der Waals surface area contributed by atoms with Crippen molar-refractivity contribution in [3.05, 3.63) is 101 Å². The van der Waals surface area contributed by atoms with Gasteiger partial charge in [0.2, 0.25) is 0 Å². The van der Waals surface area contributed by atoms with Crippen LogP contribution in [0, 0.1) is 0 Å². The van der Waals surface area contributed by atoms with Gasteiger partial charge in [-0.25, -0.2) is 0 Å². The van der Waals surface area contributed by atoms with E-state index in [0.29, 0.717) is 25.1 Å². The van der Waals surface area contributed by atoms with Gasteiger partial charge in [0.25, 0.3) is 11.7 Å². The third-order valence-corrected chi connectivity index (χ3v) is 7.41. The number of nitrogens with zero attached hydrogens (tertiary/aromatic N) is 1. The second kappa shape index (κ2) is 11.8. The number of ketones is 1. The van der Waals surface area contributed by atoms with E-state index in [2.05, 4.69) is 6.92 Å². The van der Waals surface area contributed by atoms with Crippen molar-refractivity contribution >= 4 is 17.4 Å². The number of unbranched alkanes of at least 4 members (excludes halogenated alkanes) is 2. The Kier molecular flexibility index (Phi) is 8.01. The lowest BCUT2D eigenvalue weighted by molar-refractivity contribution is -0.139. The van der Waals surface area contributed by atoms with E-state index in [1.54, 1.807) is 11.0 Å². The first-order valence-corrected chi connectivity index (χ1v) is 13.8. The third kappa shape index (κ3) is 5.70. The van der Waals surface area contributed by atoms with E-state index in [4.69, 9.17) is 9.47 Å². The lowest BCUT2D eigenvalue weighted by atomic mass is 9.94. The van der Waals surface area contributed by atoms with Crippen molar-refractivity contribution in [2.75, 3.05) is 13.2 Å². The number of carbonyl (C=O) groups excluding carboxylic acids is 2. The molecule has 5 rings (SSSR count). The summed E-state index contributed by atoms with van der Waals surface area (Å²) in [6, 6.07) is 22.1. The molecule has 0 bridgehead atoms. The Balaban J connectivity index is 1.49. The van der Waals surface area contributed by atoms with Crippen LogP contribution in [-0.4, -0.2) is 41.0 Å². The highest BCUT2D eigenvalue weighted by molar-refractivity contribution is 6.46. The number of amides is 1. The van der Waals surface area contributed by atoms with E-state index in [0.717, 1.165) is 53.9 Å². The van der Waals surface area contributed by atoms with Gasteiger partial charge in [0.15, 0.2) is 0 Å². The summed E-state index contributed by atoms with van der Waals surface area (Å²) in [6.07, 6.45) is 4.61. The molecule has 1 saturated heterocycles. The molecule has 6 heteroatoms. The van der Waals surface area contributed by atoms with Gasteiger partial charge in [-0.05, 0) is 66.8 Å². The first-order chi connectivity index (χ1) is 19.0. The van der Waals surface area contributed by atoms with Crippen LogP contribution in [0.2, 0.25) is 0 Å². The van der Waals surface area contributed by atoms with Crippen molar-refractivity contribution in [1.29, 1.82) is 0 Å². The Morgan fingerprint density at radius 3 is 2.54 bits per heavy atom. The summed E-state index contributed by atoms with van der Waals surface area (Å²) >= 11 is 0. The second-order valence-corrected chi connectivity index (χ2v) is 10.3. The second-order valence-electron chi connectivity index (χ2n) is 10.3. The van der Waals surface area contributed by atoms with E-state index in [1.807, 2.05) is 73.7 Å². The molecule has 0 saturated carbocycles. The summed E-state index contributed by atoms with van der Waals surface area (Å²) in [5.41, 5.74) is 3.42. The maximum Gasteiger partial charge on any atom is 0.295 e. The van der Waals surface area contributed by atoms with Crippen LogP contribution in [0.3, 0.4) is 0 Å². The maximum absolute atomic E-state index is 13.4. The molecular weight excluding hydrogens is 490 g/mol. The van der Waals surface area contributed by atoms with Crippen LogP contribution in [0.1, 0.15) is 61.4 Å². The van der Waals surface area contributed by atoms with Crippen molar-refractivity contribution in [1.82, 2.24) is 4.90 Å². The summed E-state index contributed by atoms with van der Waals surface area (Å²) in [5.74, 6) is 0.0890. The summed E-state index contributed by atoms with van der Waals surface area (Å²) in [7, 11) is 0. The lowest BCUT2D eigenvalue weighted by Gasteiger charge is -2.25. The zero-order valence-electron chi connectivity index (χ0n) is 22.6. The third-order valence-electron chi connectivity index (χ3n) is 7.41. The van der Waals surface area contributed by atoms with Crippen LogP contribution in [0.25, 0.3) is 5.76 Å². The molecule has 0 aromatic heterocycles. The standard InChI is InChI=1S/C33H35NO5/c1-3-4-8-19-38-27-14-11-24(12-15-27)30-29(31(35)25-13-16-28-26(21-25)20-22(2)39-28)32(36)33(37)34(30)18-17-23-9-6-5-7-10-23/h5-7,9-16,21-22,30,35H,3-4,8,17-20H2,1-2H3/t22-,30+/m1/s1. The van der Waals surface area contributed by atoms with Crippen LogP contribution in [-0.2, 0) is 22.4 Å². The quantitative estimate of drug-likeness (QED) is 0.147. The Hall–Kier alpha value is -4.06. The van der Waals surface area contributed by atoms with Crippen LogP contribution in [0.4, 0.5) is 0 Å². The molecule has 0 radical (unpaired) electrons. The number of aliphatic hydroxyl groups excluding tert-OH is 1. The Labute approximate surface area is 229 Å². The fraction of sp³-hybridized carbons (Fsp3) is 0.333. The van der Waals surface area contributed by atoms with Gasteiger partial charge in [0.1, 0.15) is 23.4 Å². The van der Waals surface area contributed by atoms with Crippen LogP contribution in [0.5, 0.6) is 11.5 Å². The number of aliphatic hydroxyl groups is 1. The van der Waals surface area contributed by atoms with Gasteiger partial charge in [-0.3, -0.25) is 9.59 Å². The zero-order chi connectivity index (χ0) is 27.4. The SMILES string of the molecule is CCCCCOc1ccc([C@H]2C(=C(O)c3ccc4c(c3)C[C@@H](C)O4)C(=O)C(=O)N2CCc2ccccc2)cc1. The molecule has 2 aliphatic rings. The van der Waals surface area contributed by atoms with Gasteiger partial charge in [0, 0.05) is 18.5 Å². The number of Topliss-reactive ketones (excluding diaryl/α,β-unsaturated/α-hetero) is 1. The molecule has 2 aliphatic heterocycles. The van der Waals surface area contributed by atoms with E-state index in [-0.39, 0.29) is 17.4 Å². The fourth-order valence-electron chi connectivity index (χ4n) is 5.36. The number of likely N-dealkylation sites (tertiary alicyclic amines) is 1. The predicted molar refractivity (Wildman–Crippen MR) is 151 cm³/mol.